The van der Waals surface area contributed by atoms with Crippen molar-refractivity contribution in [3.8, 4) is 11.5 Å². The van der Waals surface area contributed by atoms with Crippen LogP contribution in [0.2, 0.25) is 0 Å². The van der Waals surface area contributed by atoms with Crippen molar-refractivity contribution < 1.29 is 19.0 Å². The van der Waals surface area contributed by atoms with E-state index in [0.717, 1.165) is 30.9 Å². The first-order valence-electron chi connectivity index (χ1n) is 23.4. The van der Waals surface area contributed by atoms with Gasteiger partial charge in [-0.3, -0.25) is 4.90 Å². The van der Waals surface area contributed by atoms with E-state index >= 15 is 0 Å². The maximum Gasteiger partial charge on any atom is 0.330 e. The highest BCUT2D eigenvalue weighted by molar-refractivity contribution is 5.87. The molecule has 314 valence electrons. The van der Waals surface area contributed by atoms with Crippen molar-refractivity contribution in [2.24, 2.45) is 0 Å². The van der Waals surface area contributed by atoms with Crippen molar-refractivity contribution in [3.05, 3.63) is 29.8 Å². The van der Waals surface area contributed by atoms with Crippen LogP contribution in [0.3, 0.4) is 0 Å². The summed E-state index contributed by atoms with van der Waals surface area (Å²) < 4.78 is 16.6. The summed E-state index contributed by atoms with van der Waals surface area (Å²) in [5.74, 6) is 1.06. The van der Waals surface area contributed by atoms with Crippen LogP contribution < -0.4 is 9.47 Å². The number of carbonyl (C=O) groups is 1. The molecule has 0 saturated heterocycles. The number of hydrogen-bond donors (Lipinski definition) is 0. The number of nitrogens with zero attached hydrogens (tertiary/aromatic N) is 1. The van der Waals surface area contributed by atoms with Crippen LogP contribution in [0.25, 0.3) is 6.08 Å². The van der Waals surface area contributed by atoms with Crippen molar-refractivity contribution >= 4 is 12.0 Å². The molecule has 1 rings (SSSR count). The maximum absolute atomic E-state index is 11.5. The van der Waals surface area contributed by atoms with Gasteiger partial charge in [-0.15, -0.1) is 0 Å². The lowest BCUT2D eigenvalue weighted by Crippen LogP contribution is -2.30. The average molecular weight is 756 g/mol. The summed E-state index contributed by atoms with van der Waals surface area (Å²) in [6, 6.07) is 5.78. The minimum Gasteiger partial charge on any atom is -0.493 e. The SMILES string of the molecule is CCCCCCCCCCCCCCCCCCN(CCCCCCCCCCCCCCCCCC)CCOc1ccc(/C=C/C(=O)OC)cc1OC. The molecule has 0 atom stereocenters. The van der Waals surface area contributed by atoms with E-state index in [-0.39, 0.29) is 5.97 Å². The van der Waals surface area contributed by atoms with Gasteiger partial charge in [-0.1, -0.05) is 213 Å². The lowest BCUT2D eigenvalue weighted by molar-refractivity contribution is -0.134. The highest BCUT2D eigenvalue weighted by Crippen LogP contribution is 2.28. The molecule has 0 aromatic heterocycles. The van der Waals surface area contributed by atoms with Crippen molar-refractivity contribution in [2.75, 3.05) is 40.5 Å². The summed E-state index contributed by atoms with van der Waals surface area (Å²) in [6.07, 6.45) is 48.2. The summed E-state index contributed by atoms with van der Waals surface area (Å²) in [7, 11) is 3.05. The van der Waals surface area contributed by atoms with Gasteiger partial charge in [0.2, 0.25) is 0 Å². The molecule has 0 radical (unpaired) electrons. The fourth-order valence-electron chi connectivity index (χ4n) is 7.53. The summed E-state index contributed by atoms with van der Waals surface area (Å²) >= 11 is 0. The summed E-state index contributed by atoms with van der Waals surface area (Å²) in [5.41, 5.74) is 0.873. The van der Waals surface area contributed by atoms with E-state index in [9.17, 15) is 4.79 Å². The third-order valence-corrected chi connectivity index (χ3v) is 11.1. The van der Waals surface area contributed by atoms with Gasteiger partial charge < -0.3 is 14.2 Å². The first-order chi connectivity index (χ1) is 26.6. The van der Waals surface area contributed by atoms with E-state index in [2.05, 4.69) is 18.7 Å². The molecule has 0 saturated carbocycles. The number of hydrogen-bond acceptors (Lipinski definition) is 5. The smallest absolute Gasteiger partial charge is 0.330 e. The van der Waals surface area contributed by atoms with Crippen LogP contribution in [0.4, 0.5) is 0 Å². The van der Waals surface area contributed by atoms with Crippen molar-refractivity contribution in [3.63, 3.8) is 0 Å². The topological polar surface area (TPSA) is 48.0 Å². The number of methoxy groups -OCH3 is 2. The van der Waals surface area contributed by atoms with Crippen molar-refractivity contribution in [1.82, 2.24) is 4.90 Å². The largest absolute Gasteiger partial charge is 0.493 e. The number of unbranched alkanes of at least 4 members (excludes halogenated alkanes) is 30. The molecule has 0 amide bonds. The summed E-state index contributed by atoms with van der Waals surface area (Å²) in [4.78, 5) is 14.1. The summed E-state index contributed by atoms with van der Waals surface area (Å²) in [5, 5.41) is 0. The number of rotatable bonds is 41. The van der Waals surface area contributed by atoms with Gasteiger partial charge in [0.1, 0.15) is 6.61 Å². The third-order valence-electron chi connectivity index (χ3n) is 11.1. The lowest BCUT2D eigenvalue weighted by atomic mass is 10.0. The first-order valence-corrected chi connectivity index (χ1v) is 23.4. The van der Waals surface area contributed by atoms with Crippen LogP contribution in [0.15, 0.2) is 24.3 Å². The van der Waals surface area contributed by atoms with Crippen LogP contribution >= 0.6 is 0 Å². The molecule has 1 aromatic carbocycles. The molecule has 0 aliphatic carbocycles. The first kappa shape index (κ1) is 50.0. The quantitative estimate of drug-likeness (QED) is 0.0378. The Morgan fingerprint density at radius 3 is 1.22 bits per heavy atom. The molecule has 0 unspecified atom stereocenters. The van der Waals surface area contributed by atoms with E-state index in [0.29, 0.717) is 12.4 Å². The zero-order chi connectivity index (χ0) is 39.0. The molecule has 1 aromatic rings. The second-order valence-corrected chi connectivity index (χ2v) is 16.1. The Morgan fingerprint density at radius 2 is 0.870 bits per heavy atom. The minimum absolute atomic E-state index is 0.372. The molecule has 5 heteroatoms. The molecular formula is C49H89NO4. The lowest BCUT2D eigenvalue weighted by Gasteiger charge is -2.23. The predicted molar refractivity (Wildman–Crippen MR) is 235 cm³/mol. The van der Waals surface area contributed by atoms with E-state index in [4.69, 9.17) is 14.2 Å². The van der Waals surface area contributed by atoms with Gasteiger partial charge in [-0.25, -0.2) is 4.79 Å². The Morgan fingerprint density at radius 1 is 0.500 bits per heavy atom. The molecule has 0 aliphatic heterocycles. The zero-order valence-corrected chi connectivity index (χ0v) is 36.4. The fraction of sp³-hybridized carbons (Fsp3) is 0.816. The second kappa shape index (κ2) is 39.2. The Labute approximate surface area is 336 Å². The molecule has 0 spiro atoms. The molecule has 0 heterocycles. The van der Waals surface area contributed by atoms with Gasteiger partial charge in [0.05, 0.1) is 14.2 Å². The van der Waals surface area contributed by atoms with Gasteiger partial charge in [0.15, 0.2) is 11.5 Å². The van der Waals surface area contributed by atoms with E-state index in [1.807, 2.05) is 18.2 Å². The van der Waals surface area contributed by atoms with Crippen LogP contribution in [0, 0.1) is 0 Å². The van der Waals surface area contributed by atoms with Gasteiger partial charge in [0.25, 0.3) is 0 Å². The van der Waals surface area contributed by atoms with Gasteiger partial charge in [-0.2, -0.15) is 0 Å². The Balaban J connectivity index is 2.31. The molecule has 0 bridgehead atoms. The molecular weight excluding hydrogens is 667 g/mol. The highest BCUT2D eigenvalue weighted by Gasteiger charge is 2.09. The maximum atomic E-state index is 11.5. The highest BCUT2D eigenvalue weighted by atomic mass is 16.5. The standard InChI is InChI=1S/C49H89NO4/c1-5-7-9-11-13-15-17-19-21-23-25-27-29-31-33-35-41-50(42-36-34-32-30-28-26-24-22-20-18-16-14-12-10-8-6-2)43-44-54-47-39-37-46(45-48(47)52-3)38-40-49(51)53-4/h37-40,45H,5-36,41-44H2,1-4H3/b40-38+. The monoisotopic (exact) mass is 756 g/mol. The van der Waals surface area contributed by atoms with Gasteiger partial charge >= 0.3 is 5.97 Å². The molecule has 0 fully saturated rings. The van der Waals surface area contributed by atoms with Gasteiger partial charge in [0, 0.05) is 12.6 Å². The zero-order valence-electron chi connectivity index (χ0n) is 36.4. The van der Waals surface area contributed by atoms with Crippen LogP contribution in [0.5, 0.6) is 11.5 Å². The summed E-state index contributed by atoms with van der Waals surface area (Å²) in [6.45, 7) is 8.50. The molecule has 0 N–H and O–H groups in total. The number of ether oxygens (including phenoxy) is 3. The van der Waals surface area contributed by atoms with Crippen molar-refractivity contribution in [1.29, 1.82) is 0 Å². The normalized spacial score (nSPS) is 11.6. The molecule has 54 heavy (non-hydrogen) atoms. The van der Waals surface area contributed by atoms with Gasteiger partial charge in [-0.05, 0) is 49.7 Å². The Kier molecular flexibility index (Phi) is 36.3. The van der Waals surface area contributed by atoms with E-state index < -0.39 is 0 Å². The Hall–Kier alpha value is -2.01. The van der Waals surface area contributed by atoms with E-state index in [1.165, 1.54) is 219 Å². The van der Waals surface area contributed by atoms with Crippen LogP contribution in [-0.2, 0) is 9.53 Å². The Bertz CT molecular complexity index is 942. The van der Waals surface area contributed by atoms with E-state index in [1.54, 1.807) is 13.2 Å². The van der Waals surface area contributed by atoms with Crippen molar-refractivity contribution in [2.45, 2.75) is 219 Å². The molecule has 0 aliphatic rings. The minimum atomic E-state index is -0.372. The predicted octanol–water partition coefficient (Wildman–Crippen LogP) is 15.1. The van der Waals surface area contributed by atoms with Crippen LogP contribution in [0.1, 0.15) is 225 Å². The number of benzene rings is 1. The molecule has 5 nitrogen and oxygen atoms in total. The van der Waals surface area contributed by atoms with Crippen LogP contribution in [-0.4, -0.2) is 51.3 Å². The average Bonchev–Trinajstić information content (AvgIpc) is 3.19. The number of carbonyl (C=O) groups excluding carboxylic acids is 1. The third kappa shape index (κ3) is 31.2. The number of esters is 1. The fourth-order valence-corrected chi connectivity index (χ4v) is 7.53. The second-order valence-electron chi connectivity index (χ2n) is 16.1.